The minimum absolute atomic E-state index is 0.151. The van der Waals surface area contributed by atoms with Crippen molar-refractivity contribution < 1.29 is 14.8 Å². The number of nitrogens with zero attached hydrogens (tertiary/aromatic N) is 3. The summed E-state index contributed by atoms with van der Waals surface area (Å²) in [7, 11) is 4.01. The Bertz CT molecular complexity index is 677. The number of amidine groups is 1. The lowest BCUT2D eigenvalue weighted by molar-refractivity contribution is -0.904. The molecule has 7 heteroatoms. The van der Waals surface area contributed by atoms with E-state index in [1.54, 1.807) is 0 Å². The number of hydrogen-bond donors (Lipinski definition) is 2. The molecular weight excluding hydrogens is 336 g/mol. The number of nitrogens with one attached hydrogen (secondary N) is 1. The number of hydrogen-bond acceptors (Lipinski definition) is 5. The molecule has 0 unspecified atom stereocenters. The fourth-order valence-corrected chi connectivity index (χ4v) is 3.94. The van der Waals surface area contributed by atoms with Gasteiger partial charge in [0.2, 0.25) is 0 Å². The Morgan fingerprint density at radius 3 is 2.56 bits per heavy atom. The van der Waals surface area contributed by atoms with Gasteiger partial charge in [-0.2, -0.15) is 4.99 Å². The number of benzene rings is 1. The normalized spacial score (nSPS) is 20.3. The van der Waals surface area contributed by atoms with Gasteiger partial charge < -0.3 is 19.8 Å². The first-order valence-corrected chi connectivity index (χ1v) is 9.38. The van der Waals surface area contributed by atoms with Gasteiger partial charge in [-0.3, -0.25) is 4.79 Å². The maximum absolute atomic E-state index is 12.2. The quantitative estimate of drug-likeness (QED) is 0.735. The zero-order valence-electron chi connectivity index (χ0n) is 14.7. The van der Waals surface area contributed by atoms with E-state index in [2.05, 4.69) is 9.89 Å². The van der Waals surface area contributed by atoms with Gasteiger partial charge in [-0.15, -0.1) is 0 Å². The van der Waals surface area contributed by atoms with Crippen molar-refractivity contribution in [2.75, 3.05) is 58.3 Å². The summed E-state index contributed by atoms with van der Waals surface area (Å²) in [5.74, 6) is -0.151. The summed E-state index contributed by atoms with van der Waals surface area (Å²) in [6, 6.07) is 8.12. The Labute approximate surface area is 152 Å². The molecule has 0 saturated carbocycles. The van der Waals surface area contributed by atoms with Gasteiger partial charge in [0.25, 0.3) is 5.91 Å². The second kappa shape index (κ2) is 8.03. The minimum Gasteiger partial charge on any atom is -0.391 e. The average molecular weight is 361 g/mol. The molecule has 0 atom stereocenters. The zero-order chi connectivity index (χ0) is 17.8. The third-order valence-electron chi connectivity index (χ3n) is 4.52. The fraction of sp³-hybridized carbons (Fsp3) is 0.444. The van der Waals surface area contributed by atoms with E-state index in [4.69, 9.17) is 5.11 Å². The summed E-state index contributed by atoms with van der Waals surface area (Å²) in [6.07, 6.45) is 1.91. The lowest BCUT2D eigenvalue weighted by Crippen LogP contribution is -3.15. The number of carbonyl (C=O) groups excluding carboxylic acids is 1. The SMILES string of the molecule is CN(C)c1ccc(/C=C2\SC(N3CC[NH+](CCO)CC3)=NC2=O)cc1. The number of aliphatic imine (C=N–C) groups is 1. The molecule has 0 aliphatic carbocycles. The van der Waals surface area contributed by atoms with E-state index in [9.17, 15) is 4.79 Å². The third-order valence-corrected chi connectivity index (χ3v) is 5.57. The van der Waals surface area contributed by atoms with E-state index >= 15 is 0 Å². The van der Waals surface area contributed by atoms with E-state index in [1.807, 2.05) is 49.3 Å². The molecule has 6 nitrogen and oxygen atoms in total. The maximum Gasteiger partial charge on any atom is 0.286 e. The fourth-order valence-electron chi connectivity index (χ4n) is 2.98. The summed E-state index contributed by atoms with van der Waals surface area (Å²) in [6.45, 7) is 4.71. The standard InChI is InChI=1S/C18H24N4O2S/c1-20(2)15-5-3-14(4-6-15)13-16-17(24)19-18(25-16)22-9-7-21(8-10-22)11-12-23/h3-6,13,23H,7-12H2,1-2H3/p+1/b16-13-. The Morgan fingerprint density at radius 1 is 1.28 bits per heavy atom. The molecule has 3 rings (SSSR count). The minimum atomic E-state index is -0.151. The third kappa shape index (κ3) is 4.42. The number of aliphatic hydroxyl groups is 1. The van der Waals surface area contributed by atoms with Crippen molar-refractivity contribution in [3.63, 3.8) is 0 Å². The Kier molecular flexibility index (Phi) is 5.78. The first kappa shape index (κ1) is 18.0. The highest BCUT2D eigenvalue weighted by Gasteiger charge is 2.29. The van der Waals surface area contributed by atoms with Crippen molar-refractivity contribution in [3.05, 3.63) is 34.7 Å². The molecule has 0 radical (unpaired) electrons. The van der Waals surface area contributed by atoms with Crippen LogP contribution in [0.4, 0.5) is 5.69 Å². The van der Waals surface area contributed by atoms with Crippen LogP contribution in [0.5, 0.6) is 0 Å². The largest absolute Gasteiger partial charge is 0.391 e. The van der Waals surface area contributed by atoms with Crippen LogP contribution in [0.15, 0.2) is 34.2 Å². The molecule has 134 valence electrons. The van der Waals surface area contributed by atoms with Crippen molar-refractivity contribution in [1.29, 1.82) is 0 Å². The van der Waals surface area contributed by atoms with Gasteiger partial charge in [-0.1, -0.05) is 12.1 Å². The van der Waals surface area contributed by atoms with Crippen LogP contribution in [-0.2, 0) is 4.79 Å². The highest BCUT2D eigenvalue weighted by atomic mass is 32.2. The van der Waals surface area contributed by atoms with E-state index in [1.165, 1.54) is 16.7 Å². The molecule has 1 amide bonds. The number of amides is 1. The zero-order valence-corrected chi connectivity index (χ0v) is 15.6. The number of aliphatic hydroxyl groups excluding tert-OH is 1. The molecule has 1 aromatic rings. The van der Waals surface area contributed by atoms with Crippen molar-refractivity contribution >= 4 is 34.6 Å². The highest BCUT2D eigenvalue weighted by Crippen LogP contribution is 2.30. The summed E-state index contributed by atoms with van der Waals surface area (Å²) in [5, 5.41) is 9.85. The number of anilines is 1. The summed E-state index contributed by atoms with van der Waals surface area (Å²) >= 11 is 1.46. The Hall–Kier alpha value is -1.83. The second-order valence-corrected chi connectivity index (χ2v) is 7.52. The topological polar surface area (TPSA) is 60.6 Å². The van der Waals surface area contributed by atoms with E-state index in [-0.39, 0.29) is 12.5 Å². The first-order valence-electron chi connectivity index (χ1n) is 8.56. The lowest BCUT2D eigenvalue weighted by atomic mass is 10.2. The predicted molar refractivity (Wildman–Crippen MR) is 103 cm³/mol. The van der Waals surface area contributed by atoms with Gasteiger partial charge >= 0.3 is 0 Å². The van der Waals surface area contributed by atoms with Gasteiger partial charge in [-0.05, 0) is 35.5 Å². The molecule has 2 N–H and O–H groups in total. The van der Waals surface area contributed by atoms with E-state index < -0.39 is 0 Å². The highest BCUT2D eigenvalue weighted by molar-refractivity contribution is 8.18. The molecule has 0 aromatic heterocycles. The molecule has 2 aliphatic heterocycles. The Morgan fingerprint density at radius 2 is 1.96 bits per heavy atom. The number of piperazine rings is 1. The maximum atomic E-state index is 12.2. The van der Waals surface area contributed by atoms with Crippen LogP contribution in [0.2, 0.25) is 0 Å². The van der Waals surface area contributed by atoms with Crippen molar-refractivity contribution in [2.45, 2.75) is 0 Å². The number of quaternary nitrogens is 1. The van der Waals surface area contributed by atoms with Gasteiger partial charge in [0.1, 0.15) is 6.54 Å². The van der Waals surface area contributed by atoms with E-state index in [0.717, 1.165) is 49.1 Å². The molecule has 1 aromatic carbocycles. The van der Waals surface area contributed by atoms with Crippen LogP contribution in [0.25, 0.3) is 6.08 Å². The Balaban J connectivity index is 1.62. The molecule has 25 heavy (non-hydrogen) atoms. The van der Waals surface area contributed by atoms with Crippen LogP contribution in [-0.4, -0.2) is 74.5 Å². The number of carbonyl (C=O) groups is 1. The summed E-state index contributed by atoms with van der Waals surface area (Å²) in [5.41, 5.74) is 2.14. The smallest absolute Gasteiger partial charge is 0.286 e. The van der Waals surface area contributed by atoms with Crippen molar-refractivity contribution in [2.24, 2.45) is 4.99 Å². The van der Waals surface area contributed by atoms with Crippen LogP contribution >= 0.6 is 11.8 Å². The monoisotopic (exact) mass is 361 g/mol. The molecule has 1 fully saturated rings. The molecule has 2 heterocycles. The molecule has 1 saturated heterocycles. The average Bonchev–Trinajstić information content (AvgIpc) is 2.97. The van der Waals surface area contributed by atoms with Crippen LogP contribution in [0, 0.1) is 0 Å². The van der Waals surface area contributed by atoms with Crippen LogP contribution < -0.4 is 9.80 Å². The van der Waals surface area contributed by atoms with E-state index in [0.29, 0.717) is 4.91 Å². The summed E-state index contributed by atoms with van der Waals surface area (Å²) in [4.78, 5) is 22.8. The van der Waals surface area contributed by atoms with Crippen molar-refractivity contribution in [1.82, 2.24) is 4.90 Å². The van der Waals surface area contributed by atoms with Crippen LogP contribution in [0.1, 0.15) is 5.56 Å². The first-order chi connectivity index (χ1) is 12.1. The molecule has 0 spiro atoms. The number of rotatable bonds is 4. The van der Waals surface area contributed by atoms with Gasteiger partial charge in [0.05, 0.1) is 37.7 Å². The van der Waals surface area contributed by atoms with Crippen LogP contribution in [0.3, 0.4) is 0 Å². The number of thioether (sulfide) groups is 1. The molecular formula is C18H25N4O2S+. The lowest BCUT2D eigenvalue weighted by Gasteiger charge is -2.32. The van der Waals surface area contributed by atoms with Gasteiger partial charge in [0, 0.05) is 19.8 Å². The summed E-state index contributed by atoms with van der Waals surface area (Å²) < 4.78 is 0. The second-order valence-electron chi connectivity index (χ2n) is 6.51. The van der Waals surface area contributed by atoms with Crippen molar-refractivity contribution in [3.8, 4) is 0 Å². The molecule has 0 bridgehead atoms. The molecule has 2 aliphatic rings. The van der Waals surface area contributed by atoms with Gasteiger partial charge in [-0.25, -0.2) is 0 Å². The van der Waals surface area contributed by atoms with Gasteiger partial charge in [0.15, 0.2) is 5.17 Å². The predicted octanol–water partition coefficient (Wildman–Crippen LogP) is -0.0843.